The van der Waals surface area contributed by atoms with Gasteiger partial charge in [-0.25, -0.2) is 9.63 Å². The molecule has 11 heavy (non-hydrogen) atoms. The van der Waals surface area contributed by atoms with Crippen LogP contribution in [0.15, 0.2) is 12.7 Å². The lowest BCUT2D eigenvalue weighted by molar-refractivity contribution is -0.144. The third kappa shape index (κ3) is 1.14. The summed E-state index contributed by atoms with van der Waals surface area (Å²) in [7, 11) is 1.34. The molecule has 0 heterocycles. The molecule has 1 aliphatic rings. The van der Waals surface area contributed by atoms with Gasteiger partial charge in [-0.2, -0.15) is 0 Å². The molecule has 1 fully saturated rings. The van der Waals surface area contributed by atoms with Crippen LogP contribution in [0.25, 0.3) is 0 Å². The smallest absolute Gasteiger partial charge is 0.327 e. The largest absolute Gasteiger partial charge is 0.468 e. The first kappa shape index (κ1) is 8.56. The maximum atomic E-state index is 11.1. The van der Waals surface area contributed by atoms with Gasteiger partial charge >= 0.3 is 5.97 Å². The zero-order chi connectivity index (χ0) is 8.48. The Morgan fingerprint density at radius 1 is 2.00 bits per heavy atom. The number of carbonyl (C=O) groups is 1. The van der Waals surface area contributed by atoms with Crippen molar-refractivity contribution in [3.05, 3.63) is 12.7 Å². The minimum absolute atomic E-state index is 0.104. The van der Waals surface area contributed by atoms with Crippen molar-refractivity contribution in [3.8, 4) is 0 Å². The van der Waals surface area contributed by atoms with E-state index in [4.69, 9.17) is 11.8 Å². The highest BCUT2D eigenvalue weighted by Crippen LogP contribution is 2.45. The highest BCUT2D eigenvalue weighted by molar-refractivity contribution is 6.16. The van der Waals surface area contributed by atoms with Gasteiger partial charge in [0.05, 0.1) is 7.11 Å². The number of ether oxygens (including phenoxy) is 1. The zero-order valence-electron chi connectivity index (χ0n) is 6.26. The van der Waals surface area contributed by atoms with Crippen LogP contribution in [-0.2, 0) is 9.53 Å². The fourth-order valence-electron chi connectivity index (χ4n) is 1.14. The summed E-state index contributed by atoms with van der Waals surface area (Å²) in [5.41, 5.74) is -0.696. The lowest BCUT2D eigenvalue weighted by atomic mass is 10.2. The molecule has 0 radical (unpaired) electrons. The molecule has 1 rings (SSSR count). The topological polar surface area (TPSA) is 38.3 Å². The van der Waals surface area contributed by atoms with Gasteiger partial charge in [0.1, 0.15) is 5.54 Å². The number of rotatable bonds is 3. The molecular weight excluding hydrogens is 166 g/mol. The standard InChI is InChI=1S/C7H10ClNO2/c1-3-5-4-7(5,9-8)6(10)11-2/h3,5,9H,1,4H2,2H3/t5-,7-/m1/s1. The minimum atomic E-state index is -0.696. The Balaban J connectivity index is 2.66. The molecule has 0 aliphatic heterocycles. The Kier molecular flexibility index (Phi) is 2.20. The number of esters is 1. The molecule has 3 nitrogen and oxygen atoms in total. The molecule has 0 saturated heterocycles. The van der Waals surface area contributed by atoms with Gasteiger partial charge in [0, 0.05) is 5.92 Å². The van der Waals surface area contributed by atoms with Crippen LogP contribution in [0.2, 0.25) is 0 Å². The highest BCUT2D eigenvalue weighted by atomic mass is 35.5. The Morgan fingerprint density at radius 3 is 2.91 bits per heavy atom. The fraction of sp³-hybridized carbons (Fsp3) is 0.571. The van der Waals surface area contributed by atoms with Crippen molar-refractivity contribution in [3.63, 3.8) is 0 Å². The van der Waals surface area contributed by atoms with E-state index in [1.165, 1.54) is 7.11 Å². The number of nitrogens with one attached hydrogen (secondary N) is 1. The Hall–Kier alpha value is -0.540. The van der Waals surface area contributed by atoms with Crippen LogP contribution in [-0.4, -0.2) is 18.6 Å². The van der Waals surface area contributed by atoms with Gasteiger partial charge in [-0.3, -0.25) is 0 Å². The predicted molar refractivity (Wildman–Crippen MR) is 42.0 cm³/mol. The van der Waals surface area contributed by atoms with Gasteiger partial charge in [-0.15, -0.1) is 6.58 Å². The van der Waals surface area contributed by atoms with Crippen LogP contribution >= 0.6 is 11.8 Å². The van der Waals surface area contributed by atoms with E-state index in [1.54, 1.807) is 6.08 Å². The van der Waals surface area contributed by atoms with E-state index in [0.717, 1.165) is 0 Å². The van der Waals surface area contributed by atoms with E-state index < -0.39 is 5.54 Å². The van der Waals surface area contributed by atoms with Crippen LogP contribution in [0.4, 0.5) is 0 Å². The van der Waals surface area contributed by atoms with E-state index in [1.807, 2.05) is 0 Å². The van der Waals surface area contributed by atoms with Crippen LogP contribution in [0.1, 0.15) is 6.42 Å². The molecule has 0 aromatic heterocycles. The van der Waals surface area contributed by atoms with Crippen molar-refractivity contribution in [1.29, 1.82) is 0 Å². The Labute approximate surface area is 70.5 Å². The van der Waals surface area contributed by atoms with E-state index in [0.29, 0.717) is 6.42 Å². The predicted octanol–water partition coefficient (Wildman–Crippen LogP) is 0.847. The van der Waals surface area contributed by atoms with Crippen LogP contribution in [0.3, 0.4) is 0 Å². The van der Waals surface area contributed by atoms with Gasteiger partial charge in [0.2, 0.25) is 0 Å². The summed E-state index contributed by atoms with van der Waals surface area (Å²) in [6.45, 7) is 3.58. The summed E-state index contributed by atoms with van der Waals surface area (Å²) in [5, 5.41) is 0. The van der Waals surface area contributed by atoms with E-state index in [2.05, 4.69) is 16.2 Å². The number of hydrogen-bond donors (Lipinski definition) is 1. The first-order chi connectivity index (χ1) is 5.21. The summed E-state index contributed by atoms with van der Waals surface area (Å²) in [6, 6.07) is 0. The van der Waals surface area contributed by atoms with E-state index in [-0.39, 0.29) is 11.9 Å². The van der Waals surface area contributed by atoms with E-state index >= 15 is 0 Å². The monoisotopic (exact) mass is 175 g/mol. The summed E-state index contributed by atoms with van der Waals surface area (Å²) < 4.78 is 4.57. The van der Waals surface area contributed by atoms with Crippen molar-refractivity contribution in [2.45, 2.75) is 12.0 Å². The molecule has 0 spiro atoms. The molecule has 1 N–H and O–H groups in total. The van der Waals surface area contributed by atoms with Crippen molar-refractivity contribution < 1.29 is 9.53 Å². The highest BCUT2D eigenvalue weighted by Gasteiger charge is 2.59. The third-order valence-corrected chi connectivity index (χ3v) is 2.35. The SMILES string of the molecule is C=C[C@@H]1C[C@]1(NCl)C(=O)OC. The average Bonchev–Trinajstić information content (AvgIpc) is 2.78. The lowest BCUT2D eigenvalue weighted by Crippen LogP contribution is -2.36. The quantitative estimate of drug-likeness (QED) is 0.393. The second kappa shape index (κ2) is 2.83. The van der Waals surface area contributed by atoms with Crippen LogP contribution in [0, 0.1) is 5.92 Å². The first-order valence-electron chi connectivity index (χ1n) is 3.30. The van der Waals surface area contributed by atoms with E-state index in [9.17, 15) is 4.79 Å². The van der Waals surface area contributed by atoms with Gasteiger partial charge in [0.15, 0.2) is 0 Å². The molecule has 1 aliphatic carbocycles. The van der Waals surface area contributed by atoms with Crippen molar-refractivity contribution >= 4 is 17.7 Å². The summed E-state index contributed by atoms with van der Waals surface area (Å²) in [4.78, 5) is 13.5. The van der Waals surface area contributed by atoms with Crippen LogP contribution in [0.5, 0.6) is 0 Å². The molecule has 0 unspecified atom stereocenters. The maximum absolute atomic E-state index is 11.1. The molecule has 62 valence electrons. The second-order valence-electron chi connectivity index (χ2n) is 2.60. The van der Waals surface area contributed by atoms with Crippen molar-refractivity contribution in [2.24, 2.45) is 5.92 Å². The van der Waals surface area contributed by atoms with Gasteiger partial charge in [-0.1, -0.05) is 6.08 Å². The zero-order valence-corrected chi connectivity index (χ0v) is 7.02. The number of methoxy groups -OCH3 is 1. The normalized spacial score (nSPS) is 34.5. The Bertz CT molecular complexity index is 195. The summed E-state index contributed by atoms with van der Waals surface area (Å²) >= 11 is 5.40. The molecule has 0 amide bonds. The Morgan fingerprint density at radius 2 is 2.64 bits per heavy atom. The molecule has 0 bridgehead atoms. The van der Waals surface area contributed by atoms with Gasteiger partial charge < -0.3 is 4.74 Å². The maximum Gasteiger partial charge on any atom is 0.327 e. The lowest BCUT2D eigenvalue weighted by Gasteiger charge is -2.09. The van der Waals surface area contributed by atoms with Crippen molar-refractivity contribution in [1.82, 2.24) is 4.84 Å². The summed E-state index contributed by atoms with van der Waals surface area (Å²) in [5.74, 6) is -0.218. The molecule has 0 aromatic carbocycles. The minimum Gasteiger partial charge on any atom is -0.468 e. The molecule has 1 saturated carbocycles. The molecular formula is C7H10ClNO2. The van der Waals surface area contributed by atoms with Crippen LogP contribution < -0.4 is 4.84 Å². The van der Waals surface area contributed by atoms with Crippen molar-refractivity contribution in [2.75, 3.05) is 7.11 Å². The molecule has 4 heteroatoms. The number of hydrogen-bond acceptors (Lipinski definition) is 3. The average molecular weight is 176 g/mol. The number of carbonyl (C=O) groups excluding carboxylic acids is 1. The summed E-state index contributed by atoms with van der Waals surface area (Å²) in [6.07, 6.45) is 2.37. The third-order valence-electron chi connectivity index (χ3n) is 2.02. The first-order valence-corrected chi connectivity index (χ1v) is 3.68. The molecule has 2 atom stereocenters. The van der Waals surface area contributed by atoms with Gasteiger partial charge in [0.25, 0.3) is 0 Å². The number of halogens is 1. The fourth-order valence-corrected chi connectivity index (χ4v) is 1.43. The molecule has 0 aromatic rings. The second-order valence-corrected chi connectivity index (χ2v) is 2.79. The van der Waals surface area contributed by atoms with Gasteiger partial charge in [-0.05, 0) is 18.2 Å².